The van der Waals surface area contributed by atoms with Gasteiger partial charge in [-0.3, -0.25) is 14.9 Å². The number of primary amides is 1. The van der Waals surface area contributed by atoms with E-state index in [1.54, 1.807) is 25.1 Å². The van der Waals surface area contributed by atoms with Gasteiger partial charge in [0, 0.05) is 18.5 Å². The second-order valence-electron chi connectivity index (χ2n) is 4.56. The van der Waals surface area contributed by atoms with Crippen molar-refractivity contribution in [2.24, 2.45) is 5.73 Å². The minimum absolute atomic E-state index is 0.0900. The number of anilines is 1. The van der Waals surface area contributed by atoms with Crippen molar-refractivity contribution >= 4 is 28.8 Å². The number of amides is 2. The van der Waals surface area contributed by atoms with Gasteiger partial charge in [-0.05, 0) is 24.6 Å². The number of imidazole rings is 1. The summed E-state index contributed by atoms with van der Waals surface area (Å²) >= 11 is 0. The van der Waals surface area contributed by atoms with Crippen molar-refractivity contribution in [1.82, 2.24) is 9.55 Å². The predicted octanol–water partition coefficient (Wildman–Crippen LogP) is 1.89. The van der Waals surface area contributed by atoms with Crippen LogP contribution in [0.3, 0.4) is 0 Å². The number of hydrogen-bond donors (Lipinski definition) is 2. The molecule has 0 saturated heterocycles. The van der Waals surface area contributed by atoms with Crippen LogP contribution in [0.2, 0.25) is 0 Å². The summed E-state index contributed by atoms with van der Waals surface area (Å²) < 4.78 is 1.94. The molecule has 0 aliphatic rings. The fourth-order valence-corrected chi connectivity index (χ4v) is 2.04. The molecule has 1 aromatic carbocycles. The van der Waals surface area contributed by atoms with Crippen LogP contribution in [0.4, 0.5) is 5.95 Å². The van der Waals surface area contributed by atoms with Gasteiger partial charge >= 0.3 is 0 Å². The molecule has 0 aliphatic heterocycles. The maximum atomic E-state index is 11.6. The average molecular weight is 274 g/mol. The van der Waals surface area contributed by atoms with Gasteiger partial charge in [0.2, 0.25) is 17.8 Å². The quantitative estimate of drug-likeness (QED) is 0.872. The monoisotopic (exact) mass is 274 g/mol. The van der Waals surface area contributed by atoms with Crippen LogP contribution in [0, 0.1) is 0 Å². The number of carbonyl (C=O) groups is 2. The number of carbonyl (C=O) groups excluding carboxylic acids is 2. The van der Waals surface area contributed by atoms with Gasteiger partial charge in [-0.15, -0.1) is 0 Å². The number of nitrogens with one attached hydrogen (secondary N) is 1. The molecule has 0 aliphatic carbocycles. The lowest BCUT2D eigenvalue weighted by Gasteiger charge is -2.08. The number of nitrogens with two attached hydrogens (primary N) is 1. The Morgan fingerprint density at radius 2 is 2.10 bits per heavy atom. The van der Waals surface area contributed by atoms with Crippen molar-refractivity contribution < 1.29 is 9.59 Å². The van der Waals surface area contributed by atoms with Crippen molar-refractivity contribution in [3.8, 4) is 0 Å². The van der Waals surface area contributed by atoms with E-state index in [1.165, 1.54) is 0 Å². The second kappa shape index (κ2) is 5.73. The highest BCUT2D eigenvalue weighted by Gasteiger charge is 2.13. The van der Waals surface area contributed by atoms with Gasteiger partial charge in [0.25, 0.3) is 0 Å². The first-order chi connectivity index (χ1) is 9.56. The highest BCUT2D eigenvalue weighted by Crippen LogP contribution is 2.21. The van der Waals surface area contributed by atoms with Crippen LogP contribution in [0.5, 0.6) is 0 Å². The molecule has 0 saturated carbocycles. The standard InChI is InChI=1S/C14H18N4O2/c1-3-7-18-11-6-5-9(13(15)20)8-10(11)16-14(18)17-12(19)4-2/h5-6,8H,3-4,7H2,1-2H3,(H2,15,20)(H,16,17,19). The number of benzene rings is 1. The normalized spacial score (nSPS) is 10.7. The third-order valence-electron chi connectivity index (χ3n) is 3.05. The van der Waals surface area contributed by atoms with E-state index in [4.69, 9.17) is 5.73 Å². The Morgan fingerprint density at radius 1 is 1.35 bits per heavy atom. The first kappa shape index (κ1) is 14.0. The van der Waals surface area contributed by atoms with Crippen LogP contribution in [0.25, 0.3) is 11.0 Å². The SMILES string of the molecule is CCCn1c(NC(=O)CC)nc2cc(C(N)=O)ccc21. The Labute approximate surface area is 117 Å². The minimum Gasteiger partial charge on any atom is -0.366 e. The number of aryl methyl sites for hydroxylation is 1. The zero-order valence-electron chi connectivity index (χ0n) is 11.6. The minimum atomic E-state index is -0.490. The fraction of sp³-hybridized carbons (Fsp3) is 0.357. The van der Waals surface area contributed by atoms with Crippen molar-refractivity contribution in [3.63, 3.8) is 0 Å². The number of hydrogen-bond acceptors (Lipinski definition) is 3. The van der Waals surface area contributed by atoms with E-state index in [0.29, 0.717) is 23.4 Å². The summed E-state index contributed by atoms with van der Waals surface area (Å²) in [6.07, 6.45) is 1.31. The topological polar surface area (TPSA) is 90.0 Å². The number of rotatable bonds is 5. The molecule has 2 rings (SSSR count). The molecule has 2 aromatic rings. The Balaban J connectivity index is 2.52. The van der Waals surface area contributed by atoms with Crippen molar-refractivity contribution in [1.29, 1.82) is 0 Å². The molecule has 20 heavy (non-hydrogen) atoms. The van der Waals surface area contributed by atoms with Crippen LogP contribution in [-0.4, -0.2) is 21.4 Å². The van der Waals surface area contributed by atoms with E-state index in [0.717, 1.165) is 18.5 Å². The lowest BCUT2D eigenvalue weighted by atomic mass is 10.2. The van der Waals surface area contributed by atoms with Gasteiger partial charge < -0.3 is 10.3 Å². The summed E-state index contributed by atoms with van der Waals surface area (Å²) in [6, 6.07) is 5.12. The van der Waals surface area contributed by atoms with Crippen LogP contribution in [-0.2, 0) is 11.3 Å². The Bertz CT molecular complexity index is 660. The number of aromatic nitrogens is 2. The zero-order chi connectivity index (χ0) is 14.7. The highest BCUT2D eigenvalue weighted by molar-refractivity contribution is 5.97. The van der Waals surface area contributed by atoms with E-state index in [1.807, 2.05) is 4.57 Å². The molecule has 0 spiro atoms. The van der Waals surface area contributed by atoms with Gasteiger partial charge in [-0.1, -0.05) is 13.8 Å². The molecule has 6 heteroatoms. The predicted molar refractivity (Wildman–Crippen MR) is 77.5 cm³/mol. The molecule has 0 fully saturated rings. The Kier molecular flexibility index (Phi) is 4.02. The molecule has 6 nitrogen and oxygen atoms in total. The van der Waals surface area contributed by atoms with Crippen molar-refractivity contribution in [2.45, 2.75) is 33.2 Å². The Morgan fingerprint density at radius 3 is 2.70 bits per heavy atom. The molecule has 0 atom stereocenters. The maximum Gasteiger partial charge on any atom is 0.248 e. The summed E-state index contributed by atoms with van der Waals surface area (Å²) in [4.78, 5) is 27.1. The van der Waals surface area contributed by atoms with Gasteiger partial charge in [0.05, 0.1) is 11.0 Å². The number of nitrogens with zero attached hydrogens (tertiary/aromatic N) is 2. The van der Waals surface area contributed by atoms with Crippen LogP contribution in [0.15, 0.2) is 18.2 Å². The summed E-state index contributed by atoms with van der Waals surface area (Å²) in [5.74, 6) is -0.0702. The third kappa shape index (κ3) is 2.64. The summed E-state index contributed by atoms with van der Waals surface area (Å²) in [5, 5.41) is 2.78. The van der Waals surface area contributed by atoms with E-state index in [-0.39, 0.29) is 5.91 Å². The molecule has 2 amide bonds. The number of fused-ring (bicyclic) bond motifs is 1. The smallest absolute Gasteiger partial charge is 0.248 e. The summed E-state index contributed by atoms with van der Waals surface area (Å²) in [5.41, 5.74) is 7.21. The van der Waals surface area contributed by atoms with Gasteiger partial charge in [0.1, 0.15) is 0 Å². The molecule has 1 aromatic heterocycles. The highest BCUT2D eigenvalue weighted by atomic mass is 16.2. The van der Waals surface area contributed by atoms with Crippen LogP contribution < -0.4 is 11.1 Å². The molecule has 0 unspecified atom stereocenters. The van der Waals surface area contributed by atoms with E-state index in [9.17, 15) is 9.59 Å². The second-order valence-corrected chi connectivity index (χ2v) is 4.56. The van der Waals surface area contributed by atoms with Crippen molar-refractivity contribution in [2.75, 3.05) is 5.32 Å². The molecule has 1 heterocycles. The van der Waals surface area contributed by atoms with E-state index < -0.39 is 5.91 Å². The van der Waals surface area contributed by atoms with Crippen LogP contribution in [0.1, 0.15) is 37.0 Å². The van der Waals surface area contributed by atoms with Gasteiger partial charge in [-0.25, -0.2) is 4.98 Å². The molecule has 106 valence electrons. The van der Waals surface area contributed by atoms with E-state index in [2.05, 4.69) is 17.2 Å². The molecular weight excluding hydrogens is 256 g/mol. The fourth-order valence-electron chi connectivity index (χ4n) is 2.04. The van der Waals surface area contributed by atoms with Crippen molar-refractivity contribution in [3.05, 3.63) is 23.8 Å². The van der Waals surface area contributed by atoms with Gasteiger partial charge in [0.15, 0.2) is 0 Å². The van der Waals surface area contributed by atoms with E-state index >= 15 is 0 Å². The summed E-state index contributed by atoms with van der Waals surface area (Å²) in [6.45, 7) is 4.58. The van der Waals surface area contributed by atoms with Gasteiger partial charge in [-0.2, -0.15) is 0 Å². The zero-order valence-corrected chi connectivity index (χ0v) is 11.6. The molecule has 0 bridgehead atoms. The Hall–Kier alpha value is -2.37. The maximum absolute atomic E-state index is 11.6. The first-order valence-corrected chi connectivity index (χ1v) is 6.66. The average Bonchev–Trinajstić information content (AvgIpc) is 2.76. The molecular formula is C14H18N4O2. The lowest BCUT2D eigenvalue weighted by molar-refractivity contribution is -0.115. The summed E-state index contributed by atoms with van der Waals surface area (Å²) in [7, 11) is 0. The largest absolute Gasteiger partial charge is 0.366 e. The first-order valence-electron chi connectivity index (χ1n) is 6.66. The van der Waals surface area contributed by atoms with Crippen LogP contribution >= 0.6 is 0 Å². The lowest BCUT2D eigenvalue weighted by Crippen LogP contribution is -2.14. The molecule has 3 N–H and O–H groups in total. The molecule has 0 radical (unpaired) electrons. The third-order valence-corrected chi connectivity index (χ3v) is 3.05.